The molecule has 0 bridgehead atoms. The minimum Gasteiger partial charge on any atom is -0.256 e. The maximum Gasteiger partial charge on any atom is 0.164 e. The Hall–Kier alpha value is -8.55. The van der Waals surface area contributed by atoms with Gasteiger partial charge in [-0.25, -0.2) is 24.9 Å². The summed E-state index contributed by atoms with van der Waals surface area (Å²) in [7, 11) is 0. The predicted molar refractivity (Wildman–Crippen MR) is 250 cm³/mol. The fourth-order valence-electron chi connectivity index (χ4n) is 8.04. The van der Waals surface area contributed by atoms with Gasteiger partial charge >= 0.3 is 0 Å². The first-order valence-corrected chi connectivity index (χ1v) is 20.4. The monoisotopic (exact) mass is 793 g/mol. The lowest BCUT2D eigenvalue weighted by molar-refractivity contribution is 1.07. The van der Waals surface area contributed by atoms with Gasteiger partial charge in [-0.1, -0.05) is 133 Å². The zero-order chi connectivity index (χ0) is 41.2. The third kappa shape index (κ3) is 7.14. The number of fused-ring (bicyclic) bond motifs is 3. The molecule has 0 saturated heterocycles. The van der Waals surface area contributed by atoms with E-state index in [0.717, 1.165) is 67.0 Å². The van der Waals surface area contributed by atoms with Crippen LogP contribution < -0.4 is 0 Å². The van der Waals surface area contributed by atoms with Crippen LogP contribution in [0.1, 0.15) is 0 Å². The average molecular weight is 794 g/mol. The summed E-state index contributed by atoms with van der Waals surface area (Å²) in [6.07, 6.45) is 7.14. The molecule has 0 spiro atoms. The first-order valence-electron chi connectivity index (χ1n) is 20.4. The van der Waals surface area contributed by atoms with Crippen LogP contribution in [0.4, 0.5) is 0 Å². The largest absolute Gasteiger partial charge is 0.256 e. The molecule has 11 rings (SSSR count). The van der Waals surface area contributed by atoms with Crippen LogP contribution in [0.25, 0.3) is 112 Å². The van der Waals surface area contributed by atoms with Crippen molar-refractivity contribution < 1.29 is 0 Å². The van der Waals surface area contributed by atoms with Crippen LogP contribution in [-0.4, -0.2) is 34.9 Å². The van der Waals surface area contributed by atoms with Gasteiger partial charge in [0, 0.05) is 58.2 Å². The lowest BCUT2D eigenvalue weighted by Gasteiger charge is -2.15. The van der Waals surface area contributed by atoms with Gasteiger partial charge in [-0.05, 0) is 98.4 Å². The number of nitrogens with zero attached hydrogens (tertiary/aromatic N) is 7. The van der Waals surface area contributed by atoms with Crippen molar-refractivity contribution in [2.24, 2.45) is 0 Å². The second-order valence-corrected chi connectivity index (χ2v) is 15.0. The van der Waals surface area contributed by atoms with E-state index in [4.69, 9.17) is 15.0 Å². The molecule has 0 amide bonds. The van der Waals surface area contributed by atoms with Crippen LogP contribution in [0.2, 0.25) is 0 Å². The van der Waals surface area contributed by atoms with E-state index in [1.165, 1.54) is 21.5 Å². The lowest BCUT2D eigenvalue weighted by Crippen LogP contribution is -2.01. The van der Waals surface area contributed by atoms with Gasteiger partial charge in [-0.15, -0.1) is 0 Å². The molecule has 0 atom stereocenters. The van der Waals surface area contributed by atoms with Crippen LogP contribution in [0.5, 0.6) is 0 Å². The van der Waals surface area contributed by atoms with Gasteiger partial charge in [-0.2, -0.15) is 0 Å². The molecule has 0 aliphatic carbocycles. The third-order valence-electron chi connectivity index (χ3n) is 11.2. The number of hydrogen-bond acceptors (Lipinski definition) is 7. The van der Waals surface area contributed by atoms with E-state index >= 15 is 0 Å². The summed E-state index contributed by atoms with van der Waals surface area (Å²) in [5.41, 5.74) is 11.6. The Labute approximate surface area is 358 Å². The SMILES string of the molecule is c1ccc(-c2ccc(-c3nc(-c4ccc(-c5ccccn5)cc4)nc(-c4cc(-c5ccc(-c6ncccn6)cc5)cc(-c5cc6ccccc6c6ccccc56)c4)n3)cc2)nc1. The number of rotatable bonds is 8. The fraction of sp³-hybridized carbons (Fsp3) is 0. The van der Waals surface area contributed by atoms with Crippen molar-refractivity contribution in [2.75, 3.05) is 0 Å². The molecule has 7 aromatic carbocycles. The van der Waals surface area contributed by atoms with Gasteiger partial charge < -0.3 is 0 Å². The highest BCUT2D eigenvalue weighted by atomic mass is 15.0. The highest BCUT2D eigenvalue weighted by Crippen LogP contribution is 2.39. The molecule has 0 radical (unpaired) electrons. The molecule has 0 aliphatic rings. The minimum absolute atomic E-state index is 0.565. The van der Waals surface area contributed by atoms with Gasteiger partial charge in [0.15, 0.2) is 23.3 Å². The van der Waals surface area contributed by atoms with E-state index < -0.39 is 0 Å². The van der Waals surface area contributed by atoms with Crippen LogP contribution >= 0.6 is 0 Å². The van der Waals surface area contributed by atoms with Crippen LogP contribution in [-0.2, 0) is 0 Å². The standard InChI is InChI=1S/C55H35N7/c1-2-11-46-42(10-1)35-49(48-13-4-3-12-47(46)48)44-32-43(36-16-22-39(23-17-36)52-58-30-9-31-59-52)33-45(34-44)55-61-53(40-24-18-37(19-25-40)50-14-5-7-28-56-50)60-54(62-55)41-26-20-38(21-27-41)51-15-6-8-29-57-51/h1-35H. The van der Waals surface area contributed by atoms with E-state index in [2.05, 4.69) is 166 Å². The molecule has 0 aliphatic heterocycles. The summed E-state index contributed by atoms with van der Waals surface area (Å²) in [4.78, 5) is 33.7. The van der Waals surface area contributed by atoms with Crippen molar-refractivity contribution in [1.82, 2.24) is 34.9 Å². The summed E-state index contributed by atoms with van der Waals surface area (Å²) >= 11 is 0. The van der Waals surface area contributed by atoms with Gasteiger partial charge in [0.25, 0.3) is 0 Å². The number of pyridine rings is 2. The van der Waals surface area contributed by atoms with E-state index in [-0.39, 0.29) is 0 Å². The van der Waals surface area contributed by atoms with E-state index in [9.17, 15) is 0 Å². The van der Waals surface area contributed by atoms with Crippen LogP contribution in [0.3, 0.4) is 0 Å². The molecule has 4 aromatic heterocycles. The molecule has 62 heavy (non-hydrogen) atoms. The van der Waals surface area contributed by atoms with Crippen molar-refractivity contribution in [3.8, 4) is 90.3 Å². The Balaban J connectivity index is 1.10. The normalized spacial score (nSPS) is 11.2. The minimum atomic E-state index is 0.565. The molecule has 0 fully saturated rings. The highest BCUT2D eigenvalue weighted by molar-refractivity contribution is 6.14. The summed E-state index contributed by atoms with van der Waals surface area (Å²) in [5.74, 6) is 2.39. The zero-order valence-corrected chi connectivity index (χ0v) is 33.3. The smallest absolute Gasteiger partial charge is 0.164 e. The summed E-state index contributed by atoms with van der Waals surface area (Å²) in [6, 6.07) is 64.7. The molecular weight excluding hydrogens is 759 g/mol. The molecule has 0 saturated carbocycles. The van der Waals surface area contributed by atoms with E-state index in [1.54, 1.807) is 12.4 Å². The third-order valence-corrected chi connectivity index (χ3v) is 11.2. The quantitative estimate of drug-likeness (QED) is 0.141. The van der Waals surface area contributed by atoms with Gasteiger partial charge in [0.05, 0.1) is 11.4 Å². The van der Waals surface area contributed by atoms with Crippen LogP contribution in [0, 0.1) is 0 Å². The van der Waals surface area contributed by atoms with Gasteiger partial charge in [0.2, 0.25) is 0 Å². The van der Waals surface area contributed by atoms with E-state index in [0.29, 0.717) is 23.3 Å². The van der Waals surface area contributed by atoms with Crippen molar-refractivity contribution in [3.05, 3.63) is 213 Å². The van der Waals surface area contributed by atoms with E-state index in [1.807, 2.05) is 54.9 Å². The first kappa shape index (κ1) is 36.5. The zero-order valence-electron chi connectivity index (χ0n) is 33.3. The van der Waals surface area contributed by atoms with Crippen molar-refractivity contribution in [3.63, 3.8) is 0 Å². The van der Waals surface area contributed by atoms with Crippen molar-refractivity contribution >= 4 is 21.5 Å². The number of aromatic nitrogens is 7. The van der Waals surface area contributed by atoms with Gasteiger partial charge in [-0.3, -0.25) is 9.97 Å². The van der Waals surface area contributed by atoms with Crippen molar-refractivity contribution in [1.29, 1.82) is 0 Å². The maximum absolute atomic E-state index is 5.24. The topological polar surface area (TPSA) is 90.2 Å². The lowest BCUT2D eigenvalue weighted by atomic mass is 9.90. The molecular formula is C55H35N7. The molecule has 11 aromatic rings. The summed E-state index contributed by atoms with van der Waals surface area (Å²) in [6.45, 7) is 0. The Bertz CT molecular complexity index is 3260. The Morgan fingerprint density at radius 1 is 0.242 bits per heavy atom. The first-order chi connectivity index (χ1) is 30.7. The predicted octanol–water partition coefficient (Wildman–Crippen LogP) is 13.1. The van der Waals surface area contributed by atoms with Crippen LogP contribution in [0.15, 0.2) is 213 Å². The van der Waals surface area contributed by atoms with Crippen molar-refractivity contribution in [2.45, 2.75) is 0 Å². The Morgan fingerprint density at radius 2 is 0.677 bits per heavy atom. The molecule has 7 nitrogen and oxygen atoms in total. The maximum atomic E-state index is 5.24. The van der Waals surface area contributed by atoms with Gasteiger partial charge in [0.1, 0.15) is 0 Å². The summed E-state index contributed by atoms with van der Waals surface area (Å²) < 4.78 is 0. The molecule has 7 heteroatoms. The average Bonchev–Trinajstić information content (AvgIpc) is 3.37. The summed E-state index contributed by atoms with van der Waals surface area (Å²) in [5, 5.41) is 4.77. The Morgan fingerprint density at radius 3 is 1.26 bits per heavy atom. The molecule has 0 unspecified atom stereocenters. The second kappa shape index (κ2) is 15.9. The Kier molecular flexibility index (Phi) is 9.37. The fourth-order valence-corrected chi connectivity index (χ4v) is 8.04. The molecule has 4 heterocycles. The molecule has 0 N–H and O–H groups in total. The number of hydrogen-bond donors (Lipinski definition) is 0. The number of benzene rings is 7. The second-order valence-electron chi connectivity index (χ2n) is 15.0. The molecule has 290 valence electrons. The highest BCUT2D eigenvalue weighted by Gasteiger charge is 2.17.